The van der Waals surface area contributed by atoms with Crippen molar-refractivity contribution in [1.82, 2.24) is 0 Å². The molecule has 0 saturated heterocycles. The molecule has 0 spiro atoms. The van der Waals surface area contributed by atoms with Crippen molar-refractivity contribution in [2.45, 2.75) is 0 Å². The Bertz CT molecular complexity index is 45.6. The summed E-state index contributed by atoms with van der Waals surface area (Å²) in [5, 5.41) is 0. The fourth-order valence-corrected chi connectivity index (χ4v) is 1.53. The largest absolute Gasteiger partial charge is 0.450 e. The molecule has 0 unspecified atom stereocenters. The van der Waals surface area contributed by atoms with E-state index >= 15 is 0 Å². The molecule has 0 N–H and O–H groups in total. The van der Waals surface area contributed by atoms with E-state index < -0.39 is 0 Å². The molecule has 5 heavy (non-hydrogen) atoms. The average molecular weight is 98.2 g/mol. The molecule has 1 rings (SSSR count). The number of hydrogen-bond acceptors (Lipinski definition) is 1. The van der Waals surface area contributed by atoms with E-state index in [2.05, 4.69) is 11.4 Å². The summed E-state index contributed by atoms with van der Waals surface area (Å²) < 4.78 is 4.89. The predicted molar refractivity (Wildman–Crippen MR) is 21.7 cm³/mol. The molecule has 1 aliphatic rings. The van der Waals surface area contributed by atoms with E-state index in [9.17, 15) is 0 Å². The second-order valence-corrected chi connectivity index (χ2v) is 2.63. The summed E-state index contributed by atoms with van der Waals surface area (Å²) in [6, 6.07) is 0. The smallest absolute Gasteiger partial charge is 0.247 e. The fourth-order valence-electron chi connectivity index (χ4n) is 0.170. The zero-order valence-electron chi connectivity index (χ0n) is 2.56. The molecule has 1 heterocycles. The Kier molecular flexibility index (Phi) is 1.03. The molecule has 0 aromatic rings. The Morgan fingerprint density at radius 1 is 1.20 bits per heavy atom. The van der Waals surface area contributed by atoms with Crippen molar-refractivity contribution in [2.24, 2.45) is 0 Å². The third kappa shape index (κ3) is 0.714. The van der Waals surface area contributed by atoms with Gasteiger partial charge in [0.15, 0.2) is 0 Å². The van der Waals surface area contributed by atoms with Gasteiger partial charge >= 0.3 is 0 Å². The SMILES string of the molecule is C1=C[Si]O[Si]1. The van der Waals surface area contributed by atoms with Gasteiger partial charge in [-0.3, -0.25) is 0 Å². The molecule has 0 saturated carbocycles. The second-order valence-electron chi connectivity index (χ2n) is 0.671. The summed E-state index contributed by atoms with van der Waals surface area (Å²) in [7, 11) is 1.28. The molecular formula is C2H2OSi2. The molecule has 1 aliphatic heterocycles. The highest BCUT2D eigenvalue weighted by Crippen LogP contribution is 1.79. The molecule has 24 valence electrons. The quantitative estimate of drug-likeness (QED) is 0.379. The minimum absolute atomic E-state index is 0.640. The second kappa shape index (κ2) is 1.54. The minimum atomic E-state index is 0.640. The summed E-state index contributed by atoms with van der Waals surface area (Å²) in [6.07, 6.45) is 0. The van der Waals surface area contributed by atoms with Crippen LogP contribution in [0.15, 0.2) is 11.4 Å². The Morgan fingerprint density at radius 3 is 2.00 bits per heavy atom. The minimum Gasteiger partial charge on any atom is -0.450 e. The van der Waals surface area contributed by atoms with Crippen molar-refractivity contribution in [3.63, 3.8) is 0 Å². The van der Waals surface area contributed by atoms with Crippen LogP contribution >= 0.6 is 0 Å². The molecule has 0 atom stereocenters. The highest BCUT2D eigenvalue weighted by atomic mass is 28.3. The number of rotatable bonds is 0. The van der Waals surface area contributed by atoms with Gasteiger partial charge in [-0.15, -0.1) is 0 Å². The predicted octanol–water partition coefficient (Wildman–Crippen LogP) is -0.274. The van der Waals surface area contributed by atoms with Gasteiger partial charge in [0.2, 0.25) is 19.5 Å². The standard InChI is InChI=1S/C2H2OSi2/c1-2-5-3-4-1/h1-2H. The average Bonchev–Trinajstić information content (AvgIpc) is 1.76. The molecular weight excluding hydrogens is 96.2 g/mol. The van der Waals surface area contributed by atoms with Gasteiger partial charge in [0.05, 0.1) is 0 Å². The summed E-state index contributed by atoms with van der Waals surface area (Å²) in [6.45, 7) is 0. The van der Waals surface area contributed by atoms with Crippen molar-refractivity contribution in [2.75, 3.05) is 0 Å². The van der Waals surface area contributed by atoms with Crippen LogP contribution in [0.25, 0.3) is 0 Å². The molecule has 0 aromatic carbocycles. The normalized spacial score (nSPS) is 20.8. The molecule has 3 heteroatoms. The van der Waals surface area contributed by atoms with E-state index in [1.165, 1.54) is 0 Å². The van der Waals surface area contributed by atoms with Crippen LogP contribution in [-0.2, 0) is 4.12 Å². The lowest BCUT2D eigenvalue weighted by molar-refractivity contribution is 0.669. The van der Waals surface area contributed by atoms with E-state index in [0.29, 0.717) is 19.5 Å². The van der Waals surface area contributed by atoms with Crippen LogP contribution in [0.1, 0.15) is 0 Å². The van der Waals surface area contributed by atoms with Crippen LogP contribution in [0.3, 0.4) is 0 Å². The zero-order chi connectivity index (χ0) is 3.54. The first-order valence-electron chi connectivity index (χ1n) is 1.32. The van der Waals surface area contributed by atoms with Crippen LogP contribution < -0.4 is 0 Å². The molecule has 0 bridgehead atoms. The number of hydrogen-bond donors (Lipinski definition) is 0. The first kappa shape index (κ1) is 3.33. The van der Waals surface area contributed by atoms with Crippen LogP contribution in [0, 0.1) is 0 Å². The van der Waals surface area contributed by atoms with Gasteiger partial charge < -0.3 is 4.12 Å². The topological polar surface area (TPSA) is 9.23 Å². The monoisotopic (exact) mass is 98.0 g/mol. The third-order valence-corrected chi connectivity index (χ3v) is 2.22. The van der Waals surface area contributed by atoms with Crippen LogP contribution in [0.5, 0.6) is 0 Å². The molecule has 0 amide bonds. The zero-order valence-corrected chi connectivity index (χ0v) is 4.56. The Morgan fingerprint density at radius 2 is 1.80 bits per heavy atom. The lowest BCUT2D eigenvalue weighted by Crippen LogP contribution is -1.86. The fraction of sp³-hybridized carbons (Fsp3) is 0. The van der Waals surface area contributed by atoms with E-state index in [-0.39, 0.29) is 0 Å². The van der Waals surface area contributed by atoms with Crippen molar-refractivity contribution >= 4 is 19.5 Å². The maximum atomic E-state index is 4.89. The molecule has 0 fully saturated rings. The van der Waals surface area contributed by atoms with Crippen LogP contribution in [0.2, 0.25) is 0 Å². The highest BCUT2D eigenvalue weighted by Gasteiger charge is 1.89. The molecule has 1 nitrogen and oxygen atoms in total. The Labute approximate surface area is 35.9 Å². The van der Waals surface area contributed by atoms with Crippen LogP contribution in [0.4, 0.5) is 0 Å². The summed E-state index contributed by atoms with van der Waals surface area (Å²) in [4.78, 5) is 0. The summed E-state index contributed by atoms with van der Waals surface area (Å²) in [5.41, 5.74) is 4.11. The molecule has 0 aliphatic carbocycles. The van der Waals surface area contributed by atoms with Gasteiger partial charge in [-0.1, -0.05) is 11.4 Å². The van der Waals surface area contributed by atoms with Crippen molar-refractivity contribution < 1.29 is 4.12 Å². The third-order valence-electron chi connectivity index (χ3n) is 0.337. The lowest BCUT2D eigenvalue weighted by Gasteiger charge is -1.73. The maximum Gasteiger partial charge on any atom is 0.247 e. The van der Waals surface area contributed by atoms with Gasteiger partial charge in [0, 0.05) is 0 Å². The maximum absolute atomic E-state index is 4.89. The van der Waals surface area contributed by atoms with Gasteiger partial charge in [-0.25, -0.2) is 0 Å². The van der Waals surface area contributed by atoms with Gasteiger partial charge in [-0.2, -0.15) is 0 Å². The summed E-state index contributed by atoms with van der Waals surface area (Å²) >= 11 is 0. The lowest BCUT2D eigenvalue weighted by atomic mass is 11.2. The van der Waals surface area contributed by atoms with E-state index in [1.807, 2.05) is 0 Å². The van der Waals surface area contributed by atoms with Gasteiger partial charge in [0.1, 0.15) is 0 Å². The summed E-state index contributed by atoms with van der Waals surface area (Å²) in [5.74, 6) is 0. The van der Waals surface area contributed by atoms with Gasteiger partial charge in [0.25, 0.3) is 0 Å². The van der Waals surface area contributed by atoms with Crippen LogP contribution in [-0.4, -0.2) is 19.5 Å². The highest BCUT2D eigenvalue weighted by molar-refractivity contribution is 6.55. The van der Waals surface area contributed by atoms with Crippen molar-refractivity contribution in [1.29, 1.82) is 0 Å². The molecule has 4 radical (unpaired) electrons. The molecule has 0 aromatic heterocycles. The van der Waals surface area contributed by atoms with Crippen molar-refractivity contribution in [3.8, 4) is 0 Å². The Hall–Kier alpha value is 0.134. The van der Waals surface area contributed by atoms with Gasteiger partial charge in [-0.05, 0) is 0 Å². The first-order valence-corrected chi connectivity index (χ1v) is 3.29. The van der Waals surface area contributed by atoms with E-state index in [1.54, 1.807) is 0 Å². The van der Waals surface area contributed by atoms with E-state index in [4.69, 9.17) is 4.12 Å². The Balaban J connectivity index is 2.32. The van der Waals surface area contributed by atoms with Crippen molar-refractivity contribution in [3.05, 3.63) is 11.4 Å². The van der Waals surface area contributed by atoms with E-state index in [0.717, 1.165) is 0 Å². The first-order chi connectivity index (χ1) is 2.50.